The summed E-state index contributed by atoms with van der Waals surface area (Å²) in [7, 11) is 0. The van der Waals surface area contributed by atoms with E-state index in [1.54, 1.807) is 0 Å². The quantitative estimate of drug-likeness (QED) is 0.486. The van der Waals surface area contributed by atoms with Gasteiger partial charge in [-0.3, -0.25) is 4.98 Å². The molecule has 1 fully saturated rings. The van der Waals surface area contributed by atoms with E-state index in [1.807, 2.05) is 42.6 Å². The van der Waals surface area contributed by atoms with Crippen molar-refractivity contribution in [2.75, 3.05) is 37.9 Å². The summed E-state index contributed by atoms with van der Waals surface area (Å²) in [6, 6.07) is 20.4. The minimum atomic E-state index is -0.973. The van der Waals surface area contributed by atoms with Crippen LogP contribution in [0, 0.1) is 0 Å². The molecule has 1 saturated heterocycles. The van der Waals surface area contributed by atoms with Crippen molar-refractivity contribution in [3.63, 3.8) is 0 Å². The zero-order valence-electron chi connectivity index (χ0n) is 17.9. The number of carbonyl (C=O) groups is 1. The summed E-state index contributed by atoms with van der Waals surface area (Å²) in [4.78, 5) is 22.6. The van der Waals surface area contributed by atoms with Gasteiger partial charge in [0.1, 0.15) is 12.4 Å². The number of hydrogen-bond acceptors (Lipinski definition) is 6. The van der Waals surface area contributed by atoms with Gasteiger partial charge in [0, 0.05) is 17.7 Å². The average molecular weight is 434 g/mol. The van der Waals surface area contributed by atoms with Crippen LogP contribution in [-0.2, 0) is 14.3 Å². The molecule has 2 aromatic carbocycles. The zero-order chi connectivity index (χ0) is 22.2. The van der Waals surface area contributed by atoms with Crippen LogP contribution in [0.3, 0.4) is 0 Å². The van der Waals surface area contributed by atoms with Crippen LogP contribution in [0.15, 0.2) is 66.9 Å². The fourth-order valence-electron chi connectivity index (χ4n) is 3.93. The maximum atomic E-state index is 10.5. The summed E-state index contributed by atoms with van der Waals surface area (Å²) < 4.78 is 10.8. The largest absolute Gasteiger partial charge is 0.480 e. The van der Waals surface area contributed by atoms with Gasteiger partial charge in [0.2, 0.25) is 0 Å². The molecule has 0 amide bonds. The lowest BCUT2D eigenvalue weighted by Crippen LogP contribution is -2.34. The van der Waals surface area contributed by atoms with Crippen molar-refractivity contribution >= 4 is 11.8 Å². The molecular formula is C25H27N3O4. The summed E-state index contributed by atoms with van der Waals surface area (Å²) in [5.41, 5.74) is 3.79. The molecule has 0 radical (unpaired) electrons. The third-order valence-corrected chi connectivity index (χ3v) is 5.43. The normalized spacial score (nSPS) is 15.8. The Morgan fingerprint density at radius 2 is 1.62 bits per heavy atom. The molecule has 4 rings (SSSR count). The number of anilines is 1. The monoisotopic (exact) mass is 433 g/mol. The topological polar surface area (TPSA) is 84.8 Å². The smallest absolute Gasteiger partial charge is 0.329 e. The van der Waals surface area contributed by atoms with Gasteiger partial charge in [-0.2, -0.15) is 0 Å². The van der Waals surface area contributed by atoms with Crippen molar-refractivity contribution in [3.05, 3.63) is 66.9 Å². The van der Waals surface area contributed by atoms with Crippen LogP contribution in [0.2, 0.25) is 0 Å². The molecule has 32 heavy (non-hydrogen) atoms. The maximum Gasteiger partial charge on any atom is 0.329 e. The molecule has 0 saturated carbocycles. The van der Waals surface area contributed by atoms with Gasteiger partial charge in [-0.15, -0.1) is 0 Å². The van der Waals surface area contributed by atoms with Gasteiger partial charge in [-0.05, 0) is 12.8 Å². The second-order valence-electron chi connectivity index (χ2n) is 7.67. The number of nitrogens with zero attached hydrogens (tertiary/aromatic N) is 3. The molecule has 1 N–H and O–H groups in total. The van der Waals surface area contributed by atoms with Crippen molar-refractivity contribution in [3.8, 4) is 22.5 Å². The van der Waals surface area contributed by atoms with E-state index in [1.165, 1.54) is 0 Å². The first kappa shape index (κ1) is 21.9. The summed E-state index contributed by atoms with van der Waals surface area (Å²) in [5, 5.41) is 8.62. The van der Waals surface area contributed by atoms with E-state index in [-0.39, 0.29) is 19.3 Å². The number of aliphatic carboxylic acids is 1. The third-order valence-electron chi connectivity index (χ3n) is 5.43. The van der Waals surface area contributed by atoms with E-state index in [2.05, 4.69) is 29.2 Å². The van der Waals surface area contributed by atoms with Gasteiger partial charge in [-0.25, -0.2) is 9.78 Å². The predicted molar refractivity (Wildman–Crippen MR) is 123 cm³/mol. The highest BCUT2D eigenvalue weighted by molar-refractivity contribution is 5.78. The van der Waals surface area contributed by atoms with Crippen LogP contribution in [0.4, 0.5) is 5.82 Å². The highest BCUT2D eigenvalue weighted by atomic mass is 16.5. The maximum absolute atomic E-state index is 10.5. The first-order valence-electron chi connectivity index (χ1n) is 10.8. The summed E-state index contributed by atoms with van der Waals surface area (Å²) in [6.45, 7) is 1.77. The Bertz CT molecular complexity index is 1010. The molecule has 0 spiro atoms. The molecule has 1 aromatic heterocycles. The standard InChI is InChI=1S/C25H27N3O4/c29-23(30)18-32-15-14-31-17-21-12-7-13-28(21)22-16-26-24(19-8-3-1-4-9-19)25(27-22)20-10-5-2-6-11-20/h1-6,8-11,16,21H,7,12-15,17-18H2,(H,29,30). The van der Waals surface area contributed by atoms with Crippen LogP contribution in [0.1, 0.15) is 12.8 Å². The Hall–Kier alpha value is -3.29. The molecule has 2 heterocycles. The first-order chi connectivity index (χ1) is 15.7. The van der Waals surface area contributed by atoms with Crippen LogP contribution < -0.4 is 4.90 Å². The van der Waals surface area contributed by atoms with Crippen LogP contribution in [0.5, 0.6) is 0 Å². The van der Waals surface area contributed by atoms with Gasteiger partial charge in [0.25, 0.3) is 0 Å². The molecular weight excluding hydrogens is 406 g/mol. The number of rotatable bonds is 10. The fourth-order valence-corrected chi connectivity index (χ4v) is 3.93. The molecule has 166 valence electrons. The van der Waals surface area contributed by atoms with Crippen LogP contribution in [0.25, 0.3) is 22.5 Å². The van der Waals surface area contributed by atoms with Crippen molar-refractivity contribution in [1.29, 1.82) is 0 Å². The number of benzene rings is 2. The molecule has 7 nitrogen and oxygen atoms in total. The van der Waals surface area contributed by atoms with E-state index >= 15 is 0 Å². The van der Waals surface area contributed by atoms with E-state index in [9.17, 15) is 4.79 Å². The summed E-state index contributed by atoms with van der Waals surface area (Å²) in [6.07, 6.45) is 3.92. The molecule has 1 unspecified atom stereocenters. The van der Waals surface area contributed by atoms with Crippen molar-refractivity contribution in [1.82, 2.24) is 9.97 Å². The van der Waals surface area contributed by atoms with Gasteiger partial charge in [-0.1, -0.05) is 60.7 Å². The minimum absolute atomic E-state index is 0.204. The van der Waals surface area contributed by atoms with Crippen molar-refractivity contribution in [2.45, 2.75) is 18.9 Å². The Kier molecular flexibility index (Phi) is 7.42. The molecule has 0 aliphatic carbocycles. The first-order valence-corrected chi connectivity index (χ1v) is 10.8. The molecule has 7 heteroatoms. The predicted octanol–water partition coefficient (Wildman–Crippen LogP) is 3.90. The lowest BCUT2D eigenvalue weighted by Gasteiger charge is -2.26. The van der Waals surface area contributed by atoms with Gasteiger partial charge in [0.05, 0.1) is 43.4 Å². The molecule has 3 aromatic rings. The van der Waals surface area contributed by atoms with Crippen molar-refractivity contribution in [2.24, 2.45) is 0 Å². The third kappa shape index (κ3) is 5.49. The van der Waals surface area contributed by atoms with Gasteiger partial charge >= 0.3 is 5.97 Å². The fraction of sp³-hybridized carbons (Fsp3) is 0.320. The Morgan fingerprint density at radius 1 is 0.969 bits per heavy atom. The highest BCUT2D eigenvalue weighted by Gasteiger charge is 2.27. The SMILES string of the molecule is O=C(O)COCCOCC1CCCN1c1cnc(-c2ccccc2)c(-c2ccccc2)n1. The van der Waals surface area contributed by atoms with Crippen LogP contribution >= 0.6 is 0 Å². The lowest BCUT2D eigenvalue weighted by atomic mass is 10.0. The summed E-state index contributed by atoms with van der Waals surface area (Å²) in [5.74, 6) is -0.129. The molecule has 1 atom stereocenters. The van der Waals surface area contributed by atoms with Gasteiger partial charge in [0.15, 0.2) is 0 Å². The Balaban J connectivity index is 1.51. The van der Waals surface area contributed by atoms with Crippen LogP contribution in [-0.4, -0.2) is 60.1 Å². The average Bonchev–Trinajstić information content (AvgIpc) is 3.30. The van der Waals surface area contributed by atoms with Gasteiger partial charge < -0.3 is 19.5 Å². The molecule has 0 bridgehead atoms. The number of hydrogen-bond donors (Lipinski definition) is 1. The van der Waals surface area contributed by atoms with E-state index < -0.39 is 5.97 Å². The van der Waals surface area contributed by atoms with E-state index in [0.717, 1.165) is 47.7 Å². The van der Waals surface area contributed by atoms with Crippen molar-refractivity contribution < 1.29 is 19.4 Å². The second kappa shape index (κ2) is 10.8. The lowest BCUT2D eigenvalue weighted by molar-refractivity contribution is -0.142. The number of carboxylic acid groups (broad SMARTS) is 1. The van der Waals surface area contributed by atoms with E-state index in [0.29, 0.717) is 13.2 Å². The molecule has 1 aliphatic rings. The van der Waals surface area contributed by atoms with E-state index in [4.69, 9.17) is 24.5 Å². The highest BCUT2D eigenvalue weighted by Crippen LogP contribution is 2.32. The molecule has 1 aliphatic heterocycles. The number of aromatic nitrogens is 2. The second-order valence-corrected chi connectivity index (χ2v) is 7.67. The number of carboxylic acids is 1. The minimum Gasteiger partial charge on any atom is -0.480 e. The zero-order valence-corrected chi connectivity index (χ0v) is 17.9. The Morgan fingerprint density at radius 3 is 2.31 bits per heavy atom. The summed E-state index contributed by atoms with van der Waals surface area (Å²) >= 11 is 0. The Labute approximate surface area is 187 Å². The number of ether oxygens (including phenoxy) is 2.